The molecule has 0 radical (unpaired) electrons. The van der Waals surface area contributed by atoms with Gasteiger partial charge in [-0.2, -0.15) is 12.7 Å². The van der Waals surface area contributed by atoms with E-state index in [1.165, 1.54) is 38.4 Å². The Labute approximate surface area is 216 Å². The summed E-state index contributed by atoms with van der Waals surface area (Å²) in [6.07, 6.45) is 0. The molecule has 4 aromatic carbocycles. The van der Waals surface area contributed by atoms with Crippen LogP contribution in [0.4, 0.5) is 17.1 Å². The predicted octanol–water partition coefficient (Wildman–Crippen LogP) is 3.89. The van der Waals surface area contributed by atoms with Gasteiger partial charge in [0.1, 0.15) is 6.54 Å². The van der Waals surface area contributed by atoms with E-state index >= 15 is 0 Å². The standard InChI is InChI=1S/C26H26N4O5S2/c1-29(2)37(34,35)30(22-11-4-3-5-12-22)19-26(31)27-21-15-17-23(18-16-21)36(32,33)28-25-14-8-10-20-9-6-7-13-24(20)25/h3-18,28H,19H2,1-2H3,(H,27,31). The number of benzene rings is 4. The number of nitrogens with one attached hydrogen (secondary N) is 2. The minimum Gasteiger partial charge on any atom is -0.325 e. The van der Waals surface area contributed by atoms with Crippen LogP contribution in [0.15, 0.2) is 102 Å². The second kappa shape index (κ2) is 10.6. The second-order valence-electron chi connectivity index (χ2n) is 8.34. The van der Waals surface area contributed by atoms with Crippen molar-refractivity contribution in [3.05, 3.63) is 97.1 Å². The van der Waals surface area contributed by atoms with Crippen molar-refractivity contribution in [2.45, 2.75) is 4.90 Å². The van der Waals surface area contributed by atoms with E-state index in [1.807, 2.05) is 30.3 Å². The highest BCUT2D eigenvalue weighted by Crippen LogP contribution is 2.26. The van der Waals surface area contributed by atoms with E-state index in [-0.39, 0.29) is 4.90 Å². The van der Waals surface area contributed by atoms with Gasteiger partial charge in [-0.15, -0.1) is 0 Å². The summed E-state index contributed by atoms with van der Waals surface area (Å²) in [5.74, 6) is -0.584. The fourth-order valence-corrected chi connectivity index (χ4v) is 5.81. The normalized spacial score (nSPS) is 11.9. The van der Waals surface area contributed by atoms with Crippen molar-refractivity contribution in [1.82, 2.24) is 4.31 Å². The molecule has 0 saturated carbocycles. The van der Waals surface area contributed by atoms with Crippen LogP contribution >= 0.6 is 0 Å². The molecule has 4 rings (SSSR count). The maximum Gasteiger partial charge on any atom is 0.304 e. The first-order valence-corrected chi connectivity index (χ1v) is 14.1. The monoisotopic (exact) mass is 538 g/mol. The van der Waals surface area contributed by atoms with Gasteiger partial charge in [0.2, 0.25) is 5.91 Å². The summed E-state index contributed by atoms with van der Waals surface area (Å²) in [5.41, 5.74) is 1.12. The minimum atomic E-state index is -3.93. The number of amides is 1. The fraction of sp³-hybridized carbons (Fsp3) is 0.115. The number of nitrogens with zero attached hydrogens (tertiary/aromatic N) is 2. The number of anilines is 3. The van der Waals surface area contributed by atoms with E-state index in [1.54, 1.807) is 42.5 Å². The van der Waals surface area contributed by atoms with Gasteiger partial charge in [0.15, 0.2) is 0 Å². The van der Waals surface area contributed by atoms with Crippen LogP contribution in [0.5, 0.6) is 0 Å². The molecule has 0 aliphatic carbocycles. The van der Waals surface area contributed by atoms with Crippen LogP contribution in [0, 0.1) is 0 Å². The molecule has 0 saturated heterocycles. The molecule has 0 heterocycles. The van der Waals surface area contributed by atoms with Gasteiger partial charge in [-0.05, 0) is 47.9 Å². The summed E-state index contributed by atoms with van der Waals surface area (Å²) >= 11 is 0. The fourth-order valence-electron chi connectivity index (χ4n) is 3.66. The first-order valence-electron chi connectivity index (χ1n) is 11.2. The zero-order chi connectivity index (χ0) is 26.6. The third-order valence-electron chi connectivity index (χ3n) is 5.55. The minimum absolute atomic E-state index is 0.0135. The molecule has 0 aliphatic heterocycles. The van der Waals surface area contributed by atoms with Gasteiger partial charge in [0, 0.05) is 25.2 Å². The lowest BCUT2D eigenvalue weighted by atomic mass is 10.1. The van der Waals surface area contributed by atoms with E-state index in [0.29, 0.717) is 17.1 Å². The third kappa shape index (κ3) is 5.91. The summed E-state index contributed by atoms with van der Waals surface area (Å²) in [6, 6.07) is 26.7. The summed E-state index contributed by atoms with van der Waals surface area (Å²) in [6.45, 7) is -0.465. The Bertz CT molecular complexity index is 1620. The Balaban J connectivity index is 1.49. The van der Waals surface area contributed by atoms with Crippen molar-refractivity contribution < 1.29 is 21.6 Å². The Morgan fingerprint density at radius 3 is 2.05 bits per heavy atom. The highest BCUT2D eigenvalue weighted by Gasteiger charge is 2.27. The number of para-hydroxylation sites is 1. The molecule has 2 N–H and O–H groups in total. The van der Waals surface area contributed by atoms with Gasteiger partial charge in [0.05, 0.1) is 16.3 Å². The van der Waals surface area contributed by atoms with Crippen LogP contribution in [-0.2, 0) is 25.0 Å². The number of sulfonamides is 1. The molecule has 192 valence electrons. The van der Waals surface area contributed by atoms with Gasteiger partial charge in [0.25, 0.3) is 10.0 Å². The van der Waals surface area contributed by atoms with Crippen molar-refractivity contribution >= 4 is 54.0 Å². The molecule has 11 heteroatoms. The largest absolute Gasteiger partial charge is 0.325 e. The van der Waals surface area contributed by atoms with Gasteiger partial charge in [-0.25, -0.2) is 12.7 Å². The molecule has 0 bridgehead atoms. The molecule has 0 aliphatic rings. The van der Waals surface area contributed by atoms with Crippen LogP contribution < -0.4 is 14.3 Å². The maximum absolute atomic E-state index is 13.0. The smallest absolute Gasteiger partial charge is 0.304 e. The van der Waals surface area contributed by atoms with Crippen LogP contribution in [-0.4, -0.2) is 47.7 Å². The number of rotatable bonds is 9. The third-order valence-corrected chi connectivity index (χ3v) is 8.75. The molecular formula is C26H26N4O5S2. The van der Waals surface area contributed by atoms with Crippen molar-refractivity contribution in [3.63, 3.8) is 0 Å². The number of hydrogen-bond donors (Lipinski definition) is 2. The Hall–Kier alpha value is -3.93. The van der Waals surface area contributed by atoms with Crippen LogP contribution in [0.2, 0.25) is 0 Å². The van der Waals surface area contributed by atoms with Crippen molar-refractivity contribution in [2.24, 2.45) is 0 Å². The summed E-state index contributed by atoms with van der Waals surface area (Å²) in [7, 11) is -5.06. The molecule has 0 spiro atoms. The lowest BCUT2D eigenvalue weighted by Gasteiger charge is -2.26. The topological polar surface area (TPSA) is 116 Å². The van der Waals surface area contributed by atoms with Crippen molar-refractivity contribution in [2.75, 3.05) is 35.0 Å². The molecule has 9 nitrogen and oxygen atoms in total. The van der Waals surface area contributed by atoms with Crippen LogP contribution in [0.1, 0.15) is 0 Å². The predicted molar refractivity (Wildman–Crippen MR) is 146 cm³/mol. The highest BCUT2D eigenvalue weighted by molar-refractivity contribution is 7.92. The SMILES string of the molecule is CN(C)S(=O)(=O)N(CC(=O)Nc1ccc(S(=O)(=O)Nc2cccc3ccccc23)cc1)c1ccccc1. The number of fused-ring (bicyclic) bond motifs is 1. The number of hydrogen-bond acceptors (Lipinski definition) is 5. The molecule has 0 unspecified atom stereocenters. The summed E-state index contributed by atoms with van der Waals surface area (Å²) < 4.78 is 56.2. The first kappa shape index (κ1) is 26.1. The first-order chi connectivity index (χ1) is 17.6. The van der Waals surface area contributed by atoms with E-state index in [0.717, 1.165) is 19.4 Å². The quantitative estimate of drug-likeness (QED) is 0.335. The molecule has 4 aromatic rings. The van der Waals surface area contributed by atoms with E-state index in [2.05, 4.69) is 10.0 Å². The number of carbonyl (C=O) groups is 1. The second-order valence-corrected chi connectivity index (χ2v) is 12.1. The van der Waals surface area contributed by atoms with Crippen LogP contribution in [0.25, 0.3) is 10.8 Å². The zero-order valence-corrected chi connectivity index (χ0v) is 21.8. The molecule has 37 heavy (non-hydrogen) atoms. The van der Waals surface area contributed by atoms with E-state index < -0.39 is 32.7 Å². The lowest BCUT2D eigenvalue weighted by molar-refractivity contribution is -0.114. The average Bonchev–Trinajstić information content (AvgIpc) is 2.88. The van der Waals surface area contributed by atoms with Crippen molar-refractivity contribution in [3.8, 4) is 0 Å². The summed E-state index contributed by atoms with van der Waals surface area (Å²) in [5, 5.41) is 4.30. The van der Waals surface area contributed by atoms with Gasteiger partial charge in [-0.1, -0.05) is 54.6 Å². The van der Waals surface area contributed by atoms with E-state index in [9.17, 15) is 21.6 Å². The number of carbonyl (C=O) groups excluding carboxylic acids is 1. The van der Waals surface area contributed by atoms with Gasteiger partial charge < -0.3 is 5.32 Å². The van der Waals surface area contributed by atoms with Gasteiger partial charge in [-0.3, -0.25) is 9.52 Å². The Kier molecular flexibility index (Phi) is 7.48. The summed E-state index contributed by atoms with van der Waals surface area (Å²) in [4.78, 5) is 12.8. The van der Waals surface area contributed by atoms with Crippen LogP contribution in [0.3, 0.4) is 0 Å². The molecule has 0 aromatic heterocycles. The maximum atomic E-state index is 13.0. The molecule has 0 fully saturated rings. The van der Waals surface area contributed by atoms with Gasteiger partial charge >= 0.3 is 10.2 Å². The Morgan fingerprint density at radius 1 is 0.757 bits per heavy atom. The van der Waals surface area contributed by atoms with E-state index in [4.69, 9.17) is 0 Å². The average molecular weight is 539 g/mol. The molecule has 1 amide bonds. The highest BCUT2D eigenvalue weighted by atomic mass is 32.2. The Morgan fingerprint density at radius 2 is 1.38 bits per heavy atom. The van der Waals surface area contributed by atoms with Crippen molar-refractivity contribution in [1.29, 1.82) is 0 Å². The molecule has 0 atom stereocenters. The lowest BCUT2D eigenvalue weighted by Crippen LogP contribution is -2.44. The zero-order valence-electron chi connectivity index (χ0n) is 20.2. The molecular weight excluding hydrogens is 512 g/mol.